The standard InChI is InChI=1S/C15H21N3O/c1-3-19-12(2)9-16-10-14-11-17-18-15(14)13-7-5-4-6-8-13/h4-8,11-12,16H,3,9-10H2,1-2H3,(H,17,18). The van der Waals surface area contributed by atoms with Gasteiger partial charge in [0.15, 0.2) is 0 Å². The van der Waals surface area contributed by atoms with Crippen molar-refractivity contribution in [3.8, 4) is 11.3 Å². The van der Waals surface area contributed by atoms with Crippen LogP contribution in [0.15, 0.2) is 36.5 Å². The Morgan fingerprint density at radius 3 is 2.84 bits per heavy atom. The van der Waals surface area contributed by atoms with Crippen LogP contribution in [0.1, 0.15) is 19.4 Å². The lowest BCUT2D eigenvalue weighted by molar-refractivity contribution is 0.0759. The Kier molecular flexibility index (Phi) is 5.12. The molecule has 0 saturated carbocycles. The second-order valence-corrected chi connectivity index (χ2v) is 4.53. The normalized spacial score (nSPS) is 12.5. The van der Waals surface area contributed by atoms with Crippen LogP contribution in [0.4, 0.5) is 0 Å². The number of aromatic amines is 1. The van der Waals surface area contributed by atoms with Crippen LogP contribution in [0.5, 0.6) is 0 Å². The average molecular weight is 259 g/mol. The predicted molar refractivity (Wildman–Crippen MR) is 76.8 cm³/mol. The topological polar surface area (TPSA) is 49.9 Å². The summed E-state index contributed by atoms with van der Waals surface area (Å²) in [5.74, 6) is 0. The molecule has 2 rings (SSSR count). The highest BCUT2D eigenvalue weighted by Gasteiger charge is 2.07. The molecule has 1 aromatic heterocycles. The van der Waals surface area contributed by atoms with E-state index in [0.717, 1.165) is 31.0 Å². The monoisotopic (exact) mass is 259 g/mol. The summed E-state index contributed by atoms with van der Waals surface area (Å²) in [6, 6.07) is 10.2. The molecule has 19 heavy (non-hydrogen) atoms. The molecule has 4 heteroatoms. The Labute approximate surface area is 114 Å². The molecule has 2 N–H and O–H groups in total. The van der Waals surface area contributed by atoms with E-state index in [1.54, 1.807) is 0 Å². The number of hydrogen-bond acceptors (Lipinski definition) is 3. The third-order valence-electron chi connectivity index (χ3n) is 2.98. The third-order valence-corrected chi connectivity index (χ3v) is 2.98. The Hall–Kier alpha value is -1.65. The number of hydrogen-bond donors (Lipinski definition) is 2. The molecule has 0 amide bonds. The van der Waals surface area contributed by atoms with Crippen molar-refractivity contribution in [3.05, 3.63) is 42.1 Å². The van der Waals surface area contributed by atoms with Crippen molar-refractivity contribution < 1.29 is 4.74 Å². The van der Waals surface area contributed by atoms with Gasteiger partial charge >= 0.3 is 0 Å². The van der Waals surface area contributed by atoms with Gasteiger partial charge in [-0.05, 0) is 19.4 Å². The lowest BCUT2D eigenvalue weighted by atomic mass is 10.1. The summed E-state index contributed by atoms with van der Waals surface area (Å²) in [5.41, 5.74) is 3.42. The van der Waals surface area contributed by atoms with E-state index in [2.05, 4.69) is 34.6 Å². The third kappa shape index (κ3) is 3.91. The first-order valence-corrected chi connectivity index (χ1v) is 6.71. The second-order valence-electron chi connectivity index (χ2n) is 4.53. The van der Waals surface area contributed by atoms with Gasteiger partial charge in [-0.3, -0.25) is 5.10 Å². The number of benzene rings is 1. The minimum atomic E-state index is 0.233. The molecule has 0 spiro atoms. The van der Waals surface area contributed by atoms with Crippen molar-refractivity contribution in [1.82, 2.24) is 15.5 Å². The van der Waals surface area contributed by atoms with Gasteiger partial charge in [-0.25, -0.2) is 0 Å². The van der Waals surface area contributed by atoms with Gasteiger partial charge in [0, 0.05) is 25.3 Å². The van der Waals surface area contributed by atoms with E-state index >= 15 is 0 Å². The molecule has 0 aliphatic rings. The maximum absolute atomic E-state index is 5.49. The predicted octanol–water partition coefficient (Wildman–Crippen LogP) is 2.59. The van der Waals surface area contributed by atoms with Crippen molar-refractivity contribution in [2.75, 3.05) is 13.2 Å². The number of nitrogens with zero attached hydrogens (tertiary/aromatic N) is 1. The zero-order chi connectivity index (χ0) is 13.5. The maximum atomic E-state index is 5.49. The Balaban J connectivity index is 1.94. The molecule has 1 heterocycles. The van der Waals surface area contributed by atoms with Gasteiger partial charge in [0.2, 0.25) is 0 Å². The van der Waals surface area contributed by atoms with Gasteiger partial charge in [-0.15, -0.1) is 0 Å². The summed E-state index contributed by atoms with van der Waals surface area (Å²) in [4.78, 5) is 0. The fraction of sp³-hybridized carbons (Fsp3) is 0.400. The van der Waals surface area contributed by atoms with Crippen LogP contribution in [-0.2, 0) is 11.3 Å². The molecule has 1 aromatic carbocycles. The number of aromatic nitrogens is 2. The van der Waals surface area contributed by atoms with E-state index < -0.39 is 0 Å². The van der Waals surface area contributed by atoms with Crippen molar-refractivity contribution in [2.24, 2.45) is 0 Å². The molecule has 1 atom stereocenters. The van der Waals surface area contributed by atoms with E-state index in [9.17, 15) is 0 Å². The smallest absolute Gasteiger partial charge is 0.0695 e. The summed E-state index contributed by atoms with van der Waals surface area (Å²) in [6.45, 7) is 6.47. The minimum absolute atomic E-state index is 0.233. The van der Waals surface area contributed by atoms with Gasteiger partial charge in [-0.2, -0.15) is 5.10 Å². The van der Waals surface area contributed by atoms with Gasteiger partial charge in [0.05, 0.1) is 18.0 Å². The first kappa shape index (κ1) is 13.8. The molecule has 0 fully saturated rings. The highest BCUT2D eigenvalue weighted by atomic mass is 16.5. The molecule has 0 radical (unpaired) electrons. The quantitative estimate of drug-likeness (QED) is 0.803. The highest BCUT2D eigenvalue weighted by Crippen LogP contribution is 2.20. The summed E-state index contributed by atoms with van der Waals surface area (Å²) in [7, 11) is 0. The van der Waals surface area contributed by atoms with Crippen LogP contribution < -0.4 is 5.32 Å². The number of rotatable bonds is 7. The summed E-state index contributed by atoms with van der Waals surface area (Å²) in [5, 5.41) is 10.6. The summed E-state index contributed by atoms with van der Waals surface area (Å²) < 4.78 is 5.49. The SMILES string of the molecule is CCOC(C)CNCc1cn[nH]c1-c1ccccc1. The molecule has 1 unspecified atom stereocenters. The second kappa shape index (κ2) is 7.07. The Morgan fingerprint density at radius 2 is 2.11 bits per heavy atom. The van der Waals surface area contributed by atoms with Gasteiger partial charge in [0.25, 0.3) is 0 Å². The van der Waals surface area contributed by atoms with Gasteiger partial charge < -0.3 is 10.1 Å². The van der Waals surface area contributed by atoms with Crippen molar-refractivity contribution in [3.63, 3.8) is 0 Å². The van der Waals surface area contributed by atoms with Crippen LogP contribution >= 0.6 is 0 Å². The largest absolute Gasteiger partial charge is 0.377 e. The molecule has 2 aromatic rings. The fourth-order valence-electron chi connectivity index (χ4n) is 2.05. The molecule has 0 bridgehead atoms. The van der Waals surface area contributed by atoms with Crippen LogP contribution in [0.3, 0.4) is 0 Å². The van der Waals surface area contributed by atoms with E-state index in [1.807, 2.05) is 31.3 Å². The molecular weight excluding hydrogens is 238 g/mol. The van der Waals surface area contributed by atoms with Crippen LogP contribution in [0.25, 0.3) is 11.3 Å². The Morgan fingerprint density at radius 1 is 1.32 bits per heavy atom. The fourth-order valence-corrected chi connectivity index (χ4v) is 2.05. The van der Waals surface area contributed by atoms with Crippen LogP contribution in [0.2, 0.25) is 0 Å². The minimum Gasteiger partial charge on any atom is -0.377 e. The van der Waals surface area contributed by atoms with E-state index in [4.69, 9.17) is 4.74 Å². The van der Waals surface area contributed by atoms with E-state index in [0.29, 0.717) is 0 Å². The molecule has 0 saturated heterocycles. The summed E-state index contributed by atoms with van der Waals surface area (Å²) in [6.07, 6.45) is 2.11. The van der Waals surface area contributed by atoms with Crippen molar-refractivity contribution in [2.45, 2.75) is 26.5 Å². The van der Waals surface area contributed by atoms with E-state index in [1.165, 1.54) is 5.56 Å². The maximum Gasteiger partial charge on any atom is 0.0695 e. The summed E-state index contributed by atoms with van der Waals surface area (Å²) >= 11 is 0. The van der Waals surface area contributed by atoms with Gasteiger partial charge in [0.1, 0.15) is 0 Å². The van der Waals surface area contributed by atoms with E-state index in [-0.39, 0.29) is 6.10 Å². The highest BCUT2D eigenvalue weighted by molar-refractivity contribution is 5.62. The Bertz CT molecular complexity index is 481. The van der Waals surface area contributed by atoms with Crippen molar-refractivity contribution >= 4 is 0 Å². The molecule has 102 valence electrons. The first-order valence-electron chi connectivity index (χ1n) is 6.71. The van der Waals surface area contributed by atoms with Crippen LogP contribution in [0, 0.1) is 0 Å². The molecule has 0 aliphatic heterocycles. The van der Waals surface area contributed by atoms with Gasteiger partial charge in [-0.1, -0.05) is 30.3 Å². The number of ether oxygens (including phenoxy) is 1. The zero-order valence-electron chi connectivity index (χ0n) is 11.5. The average Bonchev–Trinajstić information content (AvgIpc) is 2.88. The number of nitrogens with one attached hydrogen (secondary N) is 2. The lowest BCUT2D eigenvalue weighted by Crippen LogP contribution is -2.26. The lowest BCUT2D eigenvalue weighted by Gasteiger charge is -2.12. The molecule has 0 aliphatic carbocycles. The zero-order valence-corrected chi connectivity index (χ0v) is 11.5. The first-order chi connectivity index (χ1) is 9.31. The molecule has 4 nitrogen and oxygen atoms in total. The van der Waals surface area contributed by atoms with Crippen molar-refractivity contribution in [1.29, 1.82) is 0 Å². The number of H-pyrrole nitrogens is 1. The van der Waals surface area contributed by atoms with Crippen LogP contribution in [-0.4, -0.2) is 29.5 Å². The molecular formula is C15H21N3O.